The Hall–Kier alpha value is -3.27. The number of carbonyl (C=O) groups excluding carboxylic acids is 2. The molecule has 0 aromatic heterocycles. The Morgan fingerprint density at radius 2 is 1.47 bits per heavy atom. The lowest BCUT2D eigenvalue weighted by Crippen LogP contribution is -2.39. The van der Waals surface area contributed by atoms with Gasteiger partial charge in [-0.15, -0.1) is 13.2 Å². The van der Waals surface area contributed by atoms with Gasteiger partial charge in [0.1, 0.15) is 5.75 Å². The Bertz CT molecular complexity index is 853. The molecule has 2 aromatic rings. The molecule has 0 aliphatic carbocycles. The summed E-state index contributed by atoms with van der Waals surface area (Å²) in [6.45, 7) is 2.61. The van der Waals surface area contributed by atoms with Gasteiger partial charge in [0.2, 0.25) is 0 Å². The second-order valence-electron chi connectivity index (χ2n) is 6.87. The van der Waals surface area contributed by atoms with Crippen molar-refractivity contribution in [3.8, 4) is 5.75 Å². The minimum Gasteiger partial charge on any atom is -0.406 e. The van der Waals surface area contributed by atoms with Crippen molar-refractivity contribution < 1.29 is 27.5 Å². The molecule has 0 aliphatic rings. The molecule has 0 aliphatic heterocycles. The average molecular weight is 424 g/mol. The van der Waals surface area contributed by atoms with Crippen LogP contribution in [0.1, 0.15) is 17.3 Å². The maximum absolute atomic E-state index is 12.2. The van der Waals surface area contributed by atoms with E-state index < -0.39 is 12.4 Å². The second kappa shape index (κ2) is 9.97. The molecule has 1 atom stereocenters. The van der Waals surface area contributed by atoms with Gasteiger partial charge >= 0.3 is 12.4 Å². The summed E-state index contributed by atoms with van der Waals surface area (Å²) in [5, 5.41) is 7.95. The van der Waals surface area contributed by atoms with Gasteiger partial charge in [0.15, 0.2) is 0 Å². The van der Waals surface area contributed by atoms with E-state index in [1.165, 1.54) is 12.1 Å². The summed E-state index contributed by atoms with van der Waals surface area (Å²) >= 11 is 0. The van der Waals surface area contributed by atoms with Crippen LogP contribution in [0, 0.1) is 0 Å². The number of ether oxygens (including phenoxy) is 1. The fraction of sp³-hybridized carbons (Fsp3) is 0.300. The minimum atomic E-state index is -4.78. The van der Waals surface area contributed by atoms with Gasteiger partial charge in [-0.25, -0.2) is 4.79 Å². The number of hydrogen-bond donors (Lipinski definition) is 3. The van der Waals surface area contributed by atoms with Crippen molar-refractivity contribution in [2.24, 2.45) is 0 Å². The van der Waals surface area contributed by atoms with E-state index in [2.05, 4.69) is 20.7 Å². The first-order valence-corrected chi connectivity index (χ1v) is 9.01. The normalized spacial score (nSPS) is 12.2. The smallest absolute Gasteiger partial charge is 0.406 e. The highest BCUT2D eigenvalue weighted by molar-refractivity contribution is 6.00. The number of alkyl halides is 3. The summed E-state index contributed by atoms with van der Waals surface area (Å²) in [5.41, 5.74) is 1.18. The van der Waals surface area contributed by atoms with Crippen molar-refractivity contribution in [3.63, 3.8) is 0 Å². The maximum atomic E-state index is 12.2. The highest BCUT2D eigenvalue weighted by Crippen LogP contribution is 2.24. The molecule has 162 valence electrons. The molecule has 0 saturated heterocycles. The van der Waals surface area contributed by atoms with E-state index in [4.69, 9.17) is 0 Å². The molecule has 10 heteroatoms. The van der Waals surface area contributed by atoms with Crippen molar-refractivity contribution in [3.05, 3.63) is 54.1 Å². The lowest BCUT2D eigenvalue weighted by atomic mass is 10.2. The molecule has 0 spiro atoms. The molecule has 3 N–H and O–H groups in total. The van der Waals surface area contributed by atoms with Crippen LogP contribution >= 0.6 is 0 Å². The second-order valence-corrected chi connectivity index (χ2v) is 6.87. The molecule has 7 nitrogen and oxygen atoms in total. The van der Waals surface area contributed by atoms with E-state index in [1.54, 1.807) is 24.3 Å². The molecular formula is C20H23F3N4O3. The van der Waals surface area contributed by atoms with Crippen molar-refractivity contribution in [1.82, 2.24) is 10.2 Å². The average Bonchev–Trinajstić information content (AvgIpc) is 2.62. The zero-order valence-electron chi connectivity index (χ0n) is 16.7. The number of likely N-dealkylation sites (N-methyl/N-ethyl adjacent to an activating group) is 1. The molecular weight excluding hydrogens is 401 g/mol. The fourth-order valence-electron chi connectivity index (χ4n) is 2.64. The maximum Gasteiger partial charge on any atom is 0.573 e. The summed E-state index contributed by atoms with van der Waals surface area (Å²) in [6.07, 6.45) is -4.78. The van der Waals surface area contributed by atoms with Gasteiger partial charge in [-0.05, 0) is 69.6 Å². The molecule has 3 amide bonds. The standard InChI is InChI=1S/C20H23F3N4O3/c1-13(12-27(2)3)24-18(28)14-4-6-15(7-5-14)25-19(29)26-16-8-10-17(11-9-16)30-20(21,22)23/h4-11,13H,12H2,1-3H3,(H,24,28)(H2,25,26,29). The number of benzene rings is 2. The Morgan fingerprint density at radius 1 is 0.967 bits per heavy atom. The van der Waals surface area contributed by atoms with Crippen LogP contribution < -0.4 is 20.7 Å². The van der Waals surface area contributed by atoms with Crippen molar-refractivity contribution >= 4 is 23.3 Å². The third kappa shape index (κ3) is 8.00. The topological polar surface area (TPSA) is 82.7 Å². The van der Waals surface area contributed by atoms with Crippen molar-refractivity contribution in [2.45, 2.75) is 19.3 Å². The van der Waals surface area contributed by atoms with Crippen LogP contribution in [-0.4, -0.2) is 49.9 Å². The number of nitrogens with one attached hydrogen (secondary N) is 3. The van der Waals surface area contributed by atoms with Crippen LogP contribution in [0.2, 0.25) is 0 Å². The molecule has 0 fully saturated rings. The molecule has 2 rings (SSSR count). The minimum absolute atomic E-state index is 0.0241. The SMILES string of the molecule is CC(CN(C)C)NC(=O)c1ccc(NC(=O)Nc2ccc(OC(F)(F)F)cc2)cc1. The van der Waals surface area contributed by atoms with Crippen LogP contribution in [0.15, 0.2) is 48.5 Å². The largest absolute Gasteiger partial charge is 0.573 e. The zero-order chi connectivity index (χ0) is 22.3. The highest BCUT2D eigenvalue weighted by Gasteiger charge is 2.30. The first-order chi connectivity index (χ1) is 14.0. The van der Waals surface area contributed by atoms with Crippen molar-refractivity contribution in [1.29, 1.82) is 0 Å². The third-order valence-corrected chi connectivity index (χ3v) is 3.77. The van der Waals surface area contributed by atoms with E-state index >= 15 is 0 Å². The van der Waals surface area contributed by atoms with Crippen LogP contribution in [0.25, 0.3) is 0 Å². The summed E-state index contributed by atoms with van der Waals surface area (Å²) in [7, 11) is 3.83. The summed E-state index contributed by atoms with van der Waals surface area (Å²) in [6, 6.07) is 10.4. The van der Waals surface area contributed by atoms with E-state index in [1.807, 2.05) is 25.9 Å². The molecule has 0 saturated carbocycles. The van der Waals surface area contributed by atoms with E-state index in [9.17, 15) is 22.8 Å². The molecule has 0 bridgehead atoms. The van der Waals surface area contributed by atoms with Crippen LogP contribution in [0.3, 0.4) is 0 Å². The van der Waals surface area contributed by atoms with Gasteiger partial charge < -0.3 is 25.6 Å². The highest BCUT2D eigenvalue weighted by atomic mass is 19.4. The van der Waals surface area contributed by atoms with Crippen molar-refractivity contribution in [2.75, 3.05) is 31.3 Å². The number of halogens is 3. The number of carbonyl (C=O) groups is 2. The number of hydrogen-bond acceptors (Lipinski definition) is 4. The Labute approximate surface area is 172 Å². The fourth-order valence-corrected chi connectivity index (χ4v) is 2.64. The van der Waals surface area contributed by atoms with Gasteiger partial charge in [0, 0.05) is 29.5 Å². The lowest BCUT2D eigenvalue weighted by molar-refractivity contribution is -0.274. The number of anilines is 2. The summed E-state index contributed by atoms with van der Waals surface area (Å²) in [4.78, 5) is 26.2. The number of amides is 3. The van der Waals surface area contributed by atoms with E-state index in [0.29, 0.717) is 17.8 Å². The van der Waals surface area contributed by atoms with Gasteiger partial charge in [-0.1, -0.05) is 0 Å². The van der Waals surface area contributed by atoms with Gasteiger partial charge in [-0.3, -0.25) is 4.79 Å². The third-order valence-electron chi connectivity index (χ3n) is 3.77. The lowest BCUT2D eigenvalue weighted by Gasteiger charge is -2.18. The Morgan fingerprint density at radius 3 is 1.93 bits per heavy atom. The molecule has 1 unspecified atom stereocenters. The Balaban J connectivity index is 1.87. The zero-order valence-corrected chi connectivity index (χ0v) is 16.7. The molecule has 30 heavy (non-hydrogen) atoms. The predicted octanol–water partition coefficient (Wildman–Crippen LogP) is 3.91. The monoisotopic (exact) mass is 424 g/mol. The van der Waals surface area contributed by atoms with Gasteiger partial charge in [0.25, 0.3) is 5.91 Å². The first-order valence-electron chi connectivity index (χ1n) is 9.01. The van der Waals surface area contributed by atoms with E-state index in [0.717, 1.165) is 12.1 Å². The summed E-state index contributed by atoms with van der Waals surface area (Å²) < 4.78 is 40.2. The first kappa shape index (κ1) is 23.0. The quantitative estimate of drug-likeness (QED) is 0.630. The van der Waals surface area contributed by atoms with Crippen LogP contribution in [0.4, 0.5) is 29.3 Å². The number of nitrogens with zero attached hydrogens (tertiary/aromatic N) is 1. The van der Waals surface area contributed by atoms with Crippen LogP contribution in [0.5, 0.6) is 5.75 Å². The Kier molecular flexibility index (Phi) is 7.65. The molecule has 2 aromatic carbocycles. The molecule has 0 radical (unpaired) electrons. The van der Waals surface area contributed by atoms with E-state index in [-0.39, 0.29) is 23.4 Å². The van der Waals surface area contributed by atoms with Gasteiger partial charge in [-0.2, -0.15) is 0 Å². The molecule has 0 heterocycles. The summed E-state index contributed by atoms with van der Waals surface area (Å²) in [5.74, 6) is -0.608. The predicted molar refractivity (Wildman–Crippen MR) is 108 cm³/mol. The van der Waals surface area contributed by atoms with Crippen LogP contribution in [-0.2, 0) is 0 Å². The number of rotatable bonds is 7. The number of urea groups is 1. The van der Waals surface area contributed by atoms with Gasteiger partial charge in [0.05, 0.1) is 0 Å².